The standard InChI is InChI=1S/C18H25N5O2/c1-11(2)15-10-14(22-23(15)18(3,4)5)16(24)20-12-7-6-8-13(9-12)21-17(19)25/h6-11H,1-5H3,(H,20,24)(H3,19,21,25). The summed E-state index contributed by atoms with van der Waals surface area (Å²) in [6, 6.07) is 7.92. The Morgan fingerprint density at radius 1 is 1.12 bits per heavy atom. The van der Waals surface area contributed by atoms with Crippen LogP contribution in [0.25, 0.3) is 0 Å². The number of amides is 3. The molecule has 0 saturated carbocycles. The first-order valence-electron chi connectivity index (χ1n) is 8.16. The molecule has 0 bridgehead atoms. The van der Waals surface area contributed by atoms with Crippen LogP contribution in [0, 0.1) is 0 Å². The number of benzene rings is 1. The fourth-order valence-electron chi connectivity index (χ4n) is 2.47. The first kappa shape index (κ1) is 18.5. The summed E-state index contributed by atoms with van der Waals surface area (Å²) < 4.78 is 1.89. The summed E-state index contributed by atoms with van der Waals surface area (Å²) >= 11 is 0. The second-order valence-electron chi connectivity index (χ2n) is 7.22. The number of anilines is 2. The van der Waals surface area contributed by atoms with Gasteiger partial charge in [0.25, 0.3) is 5.91 Å². The van der Waals surface area contributed by atoms with Crippen molar-refractivity contribution in [2.24, 2.45) is 5.73 Å². The zero-order valence-corrected chi connectivity index (χ0v) is 15.3. The van der Waals surface area contributed by atoms with Crippen molar-refractivity contribution < 1.29 is 9.59 Å². The third kappa shape index (κ3) is 4.59. The first-order chi connectivity index (χ1) is 11.6. The van der Waals surface area contributed by atoms with E-state index in [9.17, 15) is 9.59 Å². The third-order valence-corrected chi connectivity index (χ3v) is 3.58. The Bertz CT molecular complexity index is 787. The van der Waals surface area contributed by atoms with Gasteiger partial charge in [0.2, 0.25) is 0 Å². The molecule has 1 heterocycles. The molecule has 0 aliphatic rings. The first-order valence-corrected chi connectivity index (χ1v) is 8.16. The van der Waals surface area contributed by atoms with Crippen molar-refractivity contribution in [2.45, 2.75) is 46.1 Å². The molecule has 7 nitrogen and oxygen atoms in total. The van der Waals surface area contributed by atoms with E-state index in [1.54, 1.807) is 24.3 Å². The Morgan fingerprint density at radius 2 is 1.72 bits per heavy atom. The van der Waals surface area contributed by atoms with Crippen LogP contribution in [-0.2, 0) is 5.54 Å². The van der Waals surface area contributed by atoms with Gasteiger partial charge in [-0.2, -0.15) is 5.10 Å². The molecule has 0 aliphatic heterocycles. The lowest BCUT2D eigenvalue weighted by Gasteiger charge is -2.23. The van der Waals surface area contributed by atoms with Crippen LogP contribution < -0.4 is 16.4 Å². The van der Waals surface area contributed by atoms with E-state index in [1.807, 2.05) is 31.5 Å². The van der Waals surface area contributed by atoms with Crippen molar-refractivity contribution in [3.05, 3.63) is 41.7 Å². The van der Waals surface area contributed by atoms with Crippen LogP contribution in [-0.4, -0.2) is 21.7 Å². The minimum atomic E-state index is -0.658. The Kier molecular flexibility index (Phi) is 5.15. The number of primary amides is 1. The molecular formula is C18H25N5O2. The van der Waals surface area contributed by atoms with Crippen LogP contribution in [0.3, 0.4) is 0 Å². The smallest absolute Gasteiger partial charge is 0.316 e. The number of nitrogens with zero attached hydrogens (tertiary/aromatic N) is 2. The Labute approximate surface area is 147 Å². The largest absolute Gasteiger partial charge is 0.351 e. The minimum absolute atomic E-state index is 0.219. The number of aromatic nitrogens is 2. The molecule has 7 heteroatoms. The quantitative estimate of drug-likeness (QED) is 0.791. The van der Waals surface area contributed by atoms with Crippen LogP contribution in [0.4, 0.5) is 16.2 Å². The molecule has 1 aromatic carbocycles. The Balaban J connectivity index is 2.26. The van der Waals surface area contributed by atoms with Crippen molar-refractivity contribution in [1.29, 1.82) is 0 Å². The van der Waals surface area contributed by atoms with E-state index in [-0.39, 0.29) is 17.4 Å². The maximum absolute atomic E-state index is 12.6. The molecule has 0 unspecified atom stereocenters. The van der Waals surface area contributed by atoms with Gasteiger partial charge in [0.1, 0.15) is 0 Å². The number of hydrogen-bond donors (Lipinski definition) is 3. The molecule has 2 rings (SSSR count). The molecule has 0 atom stereocenters. The summed E-state index contributed by atoms with van der Waals surface area (Å²) in [5.41, 5.74) is 7.30. The number of nitrogens with two attached hydrogens (primary N) is 1. The fraction of sp³-hybridized carbons (Fsp3) is 0.389. The zero-order chi connectivity index (χ0) is 18.8. The molecule has 0 saturated heterocycles. The zero-order valence-electron chi connectivity index (χ0n) is 15.3. The molecule has 4 N–H and O–H groups in total. The molecule has 1 aromatic heterocycles. The van der Waals surface area contributed by atoms with Gasteiger partial charge in [0.05, 0.1) is 5.54 Å². The highest BCUT2D eigenvalue weighted by atomic mass is 16.2. The average molecular weight is 343 g/mol. The summed E-state index contributed by atoms with van der Waals surface area (Å²) in [6.45, 7) is 10.3. The maximum atomic E-state index is 12.6. The van der Waals surface area contributed by atoms with Crippen LogP contribution in [0.5, 0.6) is 0 Å². The highest BCUT2D eigenvalue weighted by Crippen LogP contribution is 2.24. The summed E-state index contributed by atoms with van der Waals surface area (Å²) in [5, 5.41) is 9.75. The third-order valence-electron chi connectivity index (χ3n) is 3.58. The van der Waals surface area contributed by atoms with E-state index >= 15 is 0 Å². The van der Waals surface area contributed by atoms with Crippen molar-refractivity contribution in [2.75, 3.05) is 10.6 Å². The molecule has 25 heavy (non-hydrogen) atoms. The van der Waals surface area contributed by atoms with Crippen molar-refractivity contribution in [1.82, 2.24) is 9.78 Å². The van der Waals surface area contributed by atoms with Crippen molar-refractivity contribution >= 4 is 23.3 Å². The molecule has 0 aliphatic carbocycles. The number of carbonyl (C=O) groups excluding carboxylic acids is 2. The fourth-order valence-corrected chi connectivity index (χ4v) is 2.47. The van der Waals surface area contributed by atoms with Crippen LogP contribution in [0.1, 0.15) is 56.7 Å². The SMILES string of the molecule is CC(C)c1cc(C(=O)Nc2cccc(NC(N)=O)c2)nn1C(C)(C)C. The summed E-state index contributed by atoms with van der Waals surface area (Å²) in [4.78, 5) is 23.5. The highest BCUT2D eigenvalue weighted by Gasteiger charge is 2.23. The van der Waals surface area contributed by atoms with E-state index < -0.39 is 6.03 Å². The van der Waals surface area contributed by atoms with Crippen molar-refractivity contribution in [3.63, 3.8) is 0 Å². The molecule has 2 aromatic rings. The van der Waals surface area contributed by atoms with E-state index in [0.717, 1.165) is 5.69 Å². The monoisotopic (exact) mass is 343 g/mol. The second kappa shape index (κ2) is 6.96. The lowest BCUT2D eigenvalue weighted by Crippen LogP contribution is -2.26. The van der Waals surface area contributed by atoms with Gasteiger partial charge in [-0.1, -0.05) is 19.9 Å². The van der Waals surface area contributed by atoms with E-state index in [2.05, 4.69) is 29.6 Å². The summed E-state index contributed by atoms with van der Waals surface area (Å²) in [5.74, 6) is -0.0579. The van der Waals surface area contributed by atoms with E-state index in [1.165, 1.54) is 0 Å². The maximum Gasteiger partial charge on any atom is 0.316 e. The van der Waals surface area contributed by atoms with Gasteiger partial charge in [-0.25, -0.2) is 4.79 Å². The van der Waals surface area contributed by atoms with Gasteiger partial charge in [-0.3, -0.25) is 9.48 Å². The van der Waals surface area contributed by atoms with Crippen LogP contribution in [0.15, 0.2) is 30.3 Å². The second-order valence-corrected chi connectivity index (χ2v) is 7.22. The molecule has 0 spiro atoms. The van der Waals surface area contributed by atoms with Crippen LogP contribution >= 0.6 is 0 Å². The van der Waals surface area contributed by atoms with Gasteiger partial charge in [-0.15, -0.1) is 0 Å². The molecule has 134 valence electrons. The highest BCUT2D eigenvalue weighted by molar-refractivity contribution is 6.03. The Morgan fingerprint density at radius 3 is 2.20 bits per heavy atom. The number of urea groups is 1. The van der Waals surface area contributed by atoms with Crippen molar-refractivity contribution in [3.8, 4) is 0 Å². The summed E-state index contributed by atoms with van der Waals surface area (Å²) in [7, 11) is 0. The molecular weight excluding hydrogens is 318 g/mol. The predicted octanol–water partition coefficient (Wildman–Crippen LogP) is 3.50. The summed E-state index contributed by atoms with van der Waals surface area (Å²) in [6.07, 6.45) is 0. The molecule has 3 amide bonds. The number of nitrogens with one attached hydrogen (secondary N) is 2. The number of carbonyl (C=O) groups is 2. The lowest BCUT2D eigenvalue weighted by atomic mass is 10.1. The van der Waals surface area contributed by atoms with Gasteiger partial charge in [0, 0.05) is 17.1 Å². The molecule has 0 fully saturated rings. The normalized spacial score (nSPS) is 11.4. The van der Waals surface area contributed by atoms with E-state index in [0.29, 0.717) is 17.1 Å². The number of rotatable bonds is 4. The topological polar surface area (TPSA) is 102 Å². The minimum Gasteiger partial charge on any atom is -0.351 e. The lowest BCUT2D eigenvalue weighted by molar-refractivity contribution is 0.102. The van der Waals surface area contributed by atoms with Gasteiger partial charge >= 0.3 is 6.03 Å². The van der Waals surface area contributed by atoms with Gasteiger partial charge < -0.3 is 16.4 Å². The predicted molar refractivity (Wildman–Crippen MR) is 98.9 cm³/mol. The number of hydrogen-bond acceptors (Lipinski definition) is 3. The average Bonchev–Trinajstić information content (AvgIpc) is 2.92. The Hall–Kier alpha value is -2.83. The molecule has 0 radical (unpaired) electrons. The van der Waals surface area contributed by atoms with Gasteiger partial charge in [0.15, 0.2) is 5.69 Å². The van der Waals surface area contributed by atoms with Crippen LogP contribution in [0.2, 0.25) is 0 Å². The van der Waals surface area contributed by atoms with E-state index in [4.69, 9.17) is 5.73 Å². The van der Waals surface area contributed by atoms with Gasteiger partial charge in [-0.05, 0) is 51.0 Å².